The van der Waals surface area contributed by atoms with Crippen LogP contribution in [0, 0.1) is 0 Å². The molecule has 0 bridgehead atoms. The van der Waals surface area contributed by atoms with Crippen LogP contribution in [0.1, 0.15) is 29.8 Å². The van der Waals surface area contributed by atoms with Crippen molar-refractivity contribution in [2.24, 2.45) is 5.73 Å². The minimum atomic E-state index is -0.782. The van der Waals surface area contributed by atoms with Gasteiger partial charge in [0, 0.05) is 10.9 Å². The van der Waals surface area contributed by atoms with E-state index in [9.17, 15) is 5.11 Å². The number of hydrogen-bond acceptors (Lipinski definition) is 5. The first-order valence-electron chi connectivity index (χ1n) is 5.64. The van der Waals surface area contributed by atoms with Crippen molar-refractivity contribution in [2.75, 3.05) is 6.54 Å². The summed E-state index contributed by atoms with van der Waals surface area (Å²) in [6.07, 6.45) is 0.187. The fraction of sp³-hybridized carbons (Fsp3) is 0.333. The van der Waals surface area contributed by atoms with E-state index in [2.05, 4.69) is 26.1 Å². The highest BCUT2D eigenvalue weighted by Crippen LogP contribution is 2.19. The lowest BCUT2D eigenvalue weighted by atomic mass is 10.1. The Morgan fingerprint density at radius 3 is 2.89 bits per heavy atom. The van der Waals surface area contributed by atoms with Crippen LogP contribution in [0.4, 0.5) is 0 Å². The molecule has 96 valence electrons. The zero-order valence-corrected chi connectivity index (χ0v) is 11.3. The van der Waals surface area contributed by atoms with Gasteiger partial charge < -0.3 is 15.4 Å². The van der Waals surface area contributed by atoms with Crippen LogP contribution in [0.25, 0.3) is 0 Å². The summed E-state index contributed by atoms with van der Waals surface area (Å²) in [5.41, 5.74) is 6.43. The molecule has 5 nitrogen and oxygen atoms in total. The highest BCUT2D eigenvalue weighted by atomic mass is 79.9. The summed E-state index contributed by atoms with van der Waals surface area (Å²) in [6, 6.07) is 7.83. The molecule has 1 unspecified atom stereocenters. The van der Waals surface area contributed by atoms with Gasteiger partial charge in [0.05, 0.1) is 0 Å². The van der Waals surface area contributed by atoms with Gasteiger partial charge in [-0.15, -0.1) is 0 Å². The quantitative estimate of drug-likeness (QED) is 0.879. The van der Waals surface area contributed by atoms with Crippen LogP contribution in [0.15, 0.2) is 33.3 Å². The second-order valence-electron chi connectivity index (χ2n) is 3.91. The lowest BCUT2D eigenvalue weighted by Crippen LogP contribution is -2.07. The maximum atomic E-state index is 9.67. The summed E-state index contributed by atoms with van der Waals surface area (Å²) < 4.78 is 6.01. The number of benzene rings is 1. The van der Waals surface area contributed by atoms with Crippen molar-refractivity contribution < 1.29 is 9.63 Å². The van der Waals surface area contributed by atoms with Crippen LogP contribution in [-0.4, -0.2) is 21.8 Å². The van der Waals surface area contributed by atoms with Gasteiger partial charge in [0.2, 0.25) is 0 Å². The predicted octanol–water partition coefficient (Wildman–Crippen LogP) is 1.81. The Hall–Kier alpha value is -1.24. The minimum absolute atomic E-state index is 0.225. The molecule has 0 saturated carbocycles. The van der Waals surface area contributed by atoms with Gasteiger partial charge in [-0.25, -0.2) is 0 Å². The number of nitrogens with two attached hydrogens (primary N) is 1. The molecule has 2 aromatic rings. The number of aliphatic hydroxyl groups excluding tert-OH is 1. The summed E-state index contributed by atoms with van der Waals surface area (Å²) >= 11 is 3.46. The van der Waals surface area contributed by atoms with Crippen LogP contribution in [-0.2, 0) is 6.42 Å². The van der Waals surface area contributed by atoms with E-state index >= 15 is 0 Å². The van der Waals surface area contributed by atoms with Crippen LogP contribution in [0.3, 0.4) is 0 Å². The number of nitrogens with zero attached hydrogens (tertiary/aromatic N) is 2. The van der Waals surface area contributed by atoms with Crippen LogP contribution in [0.2, 0.25) is 0 Å². The van der Waals surface area contributed by atoms with E-state index in [4.69, 9.17) is 10.3 Å². The topological polar surface area (TPSA) is 85.2 Å². The van der Waals surface area contributed by atoms with E-state index < -0.39 is 6.10 Å². The number of rotatable bonds is 5. The first-order valence-corrected chi connectivity index (χ1v) is 6.44. The normalized spacial score (nSPS) is 12.6. The average Bonchev–Trinajstić information content (AvgIpc) is 2.81. The Bertz CT molecular complexity index is 516. The van der Waals surface area contributed by atoms with Crippen molar-refractivity contribution in [3.05, 3.63) is 46.0 Å². The molecular weight excluding hydrogens is 298 g/mol. The molecule has 0 radical (unpaired) electrons. The van der Waals surface area contributed by atoms with Crippen molar-refractivity contribution in [1.29, 1.82) is 0 Å². The molecule has 1 atom stereocenters. The molecule has 3 N–H and O–H groups in total. The summed E-state index contributed by atoms with van der Waals surface area (Å²) in [4.78, 5) is 4.16. The van der Waals surface area contributed by atoms with Crippen LogP contribution in [0.5, 0.6) is 0 Å². The van der Waals surface area contributed by atoms with Crippen molar-refractivity contribution in [3.63, 3.8) is 0 Å². The van der Waals surface area contributed by atoms with Crippen LogP contribution >= 0.6 is 15.9 Å². The zero-order valence-electron chi connectivity index (χ0n) is 9.71. The molecule has 0 saturated heterocycles. The molecule has 0 fully saturated rings. The number of halogens is 1. The van der Waals surface area contributed by atoms with E-state index in [-0.39, 0.29) is 5.89 Å². The van der Waals surface area contributed by atoms with Crippen molar-refractivity contribution in [3.8, 4) is 0 Å². The minimum Gasteiger partial charge on any atom is -0.383 e. The molecule has 1 aromatic heterocycles. The average molecular weight is 312 g/mol. The lowest BCUT2D eigenvalue weighted by molar-refractivity contribution is 0.127. The highest BCUT2D eigenvalue weighted by Gasteiger charge is 2.15. The Morgan fingerprint density at radius 1 is 1.39 bits per heavy atom. The van der Waals surface area contributed by atoms with Gasteiger partial charge in [-0.05, 0) is 24.6 Å². The molecule has 1 aromatic carbocycles. The molecule has 1 heterocycles. The fourth-order valence-electron chi connectivity index (χ4n) is 1.57. The SMILES string of the molecule is NCCC(O)c1nc(Cc2ccccc2Br)no1. The summed E-state index contributed by atoms with van der Waals surface area (Å²) in [7, 11) is 0. The van der Waals surface area contributed by atoms with E-state index in [0.29, 0.717) is 25.2 Å². The fourth-order valence-corrected chi connectivity index (χ4v) is 1.99. The molecule has 0 aliphatic carbocycles. The van der Waals surface area contributed by atoms with Gasteiger partial charge in [-0.3, -0.25) is 0 Å². The molecular formula is C12H14BrN3O2. The second-order valence-corrected chi connectivity index (χ2v) is 4.76. The maximum Gasteiger partial charge on any atom is 0.255 e. The first-order chi connectivity index (χ1) is 8.70. The first kappa shape index (κ1) is 13.2. The molecule has 0 aliphatic rings. The predicted molar refractivity (Wildman–Crippen MR) is 69.9 cm³/mol. The third kappa shape index (κ3) is 3.16. The van der Waals surface area contributed by atoms with Crippen molar-refractivity contribution >= 4 is 15.9 Å². The third-order valence-electron chi connectivity index (χ3n) is 2.52. The Morgan fingerprint density at radius 2 is 2.17 bits per heavy atom. The molecule has 0 amide bonds. The summed E-state index contributed by atoms with van der Waals surface area (Å²) in [5, 5.41) is 13.5. The van der Waals surface area contributed by atoms with Gasteiger partial charge in [0.1, 0.15) is 6.10 Å². The van der Waals surface area contributed by atoms with Crippen molar-refractivity contribution in [2.45, 2.75) is 18.9 Å². The molecule has 0 spiro atoms. The number of aromatic nitrogens is 2. The van der Waals surface area contributed by atoms with Gasteiger partial charge in [0.25, 0.3) is 5.89 Å². The Balaban J connectivity index is 2.09. The Kier molecular flexibility index (Phi) is 4.46. The van der Waals surface area contributed by atoms with Crippen LogP contribution < -0.4 is 5.73 Å². The summed E-state index contributed by atoms with van der Waals surface area (Å²) in [5.74, 6) is 0.774. The second kappa shape index (κ2) is 6.08. The zero-order chi connectivity index (χ0) is 13.0. The van der Waals surface area contributed by atoms with E-state index in [0.717, 1.165) is 10.0 Å². The third-order valence-corrected chi connectivity index (χ3v) is 3.29. The van der Waals surface area contributed by atoms with E-state index in [1.807, 2.05) is 24.3 Å². The molecule has 2 rings (SSSR count). The summed E-state index contributed by atoms with van der Waals surface area (Å²) in [6.45, 7) is 0.378. The number of hydrogen-bond donors (Lipinski definition) is 2. The smallest absolute Gasteiger partial charge is 0.255 e. The standard InChI is InChI=1S/C12H14BrN3O2/c13-9-4-2-1-3-8(9)7-11-15-12(18-16-11)10(17)5-6-14/h1-4,10,17H,5-7,14H2. The van der Waals surface area contributed by atoms with Gasteiger partial charge >= 0.3 is 0 Å². The number of aliphatic hydroxyl groups is 1. The Labute approximate surface area is 113 Å². The van der Waals surface area contributed by atoms with Gasteiger partial charge in [-0.1, -0.05) is 39.3 Å². The highest BCUT2D eigenvalue weighted by molar-refractivity contribution is 9.10. The van der Waals surface area contributed by atoms with E-state index in [1.165, 1.54) is 0 Å². The monoisotopic (exact) mass is 311 g/mol. The van der Waals surface area contributed by atoms with Gasteiger partial charge in [0.15, 0.2) is 5.82 Å². The van der Waals surface area contributed by atoms with Crippen molar-refractivity contribution in [1.82, 2.24) is 10.1 Å². The largest absolute Gasteiger partial charge is 0.383 e. The van der Waals surface area contributed by atoms with Gasteiger partial charge in [-0.2, -0.15) is 4.98 Å². The molecule has 18 heavy (non-hydrogen) atoms. The lowest BCUT2D eigenvalue weighted by Gasteiger charge is -2.01. The molecule has 6 heteroatoms. The molecule has 0 aliphatic heterocycles. The van der Waals surface area contributed by atoms with E-state index in [1.54, 1.807) is 0 Å². The maximum absolute atomic E-state index is 9.67.